The zero-order valence-corrected chi connectivity index (χ0v) is 11.6. The Morgan fingerprint density at radius 1 is 1.10 bits per heavy atom. The molecular weight excluding hydrogens is 276 g/mol. The van der Waals surface area contributed by atoms with Gasteiger partial charge in [-0.05, 0) is 48.9 Å². The molecule has 1 atom stereocenters. The van der Waals surface area contributed by atoms with Crippen LogP contribution in [0.15, 0.2) is 42.5 Å². The molecule has 1 unspecified atom stereocenters. The van der Waals surface area contributed by atoms with Gasteiger partial charge in [0.05, 0.1) is 6.61 Å². The fourth-order valence-electron chi connectivity index (χ4n) is 1.97. The molecule has 3 nitrogen and oxygen atoms in total. The highest BCUT2D eigenvalue weighted by atomic mass is 19.1. The summed E-state index contributed by atoms with van der Waals surface area (Å²) in [6, 6.07) is 10.4. The van der Waals surface area contributed by atoms with E-state index in [1.807, 2.05) is 6.92 Å². The minimum atomic E-state index is -0.591. The molecule has 0 heterocycles. The number of halogens is 2. The molecule has 0 aliphatic heterocycles. The third-order valence-corrected chi connectivity index (χ3v) is 2.98. The van der Waals surface area contributed by atoms with Gasteiger partial charge < -0.3 is 15.2 Å². The van der Waals surface area contributed by atoms with Crippen molar-refractivity contribution in [1.82, 2.24) is 0 Å². The van der Waals surface area contributed by atoms with Gasteiger partial charge in [0.25, 0.3) is 0 Å². The fourth-order valence-corrected chi connectivity index (χ4v) is 1.97. The molecule has 5 heteroatoms. The number of rotatable bonds is 6. The van der Waals surface area contributed by atoms with Gasteiger partial charge in [-0.3, -0.25) is 0 Å². The van der Waals surface area contributed by atoms with E-state index in [-0.39, 0.29) is 19.3 Å². The van der Waals surface area contributed by atoms with Crippen molar-refractivity contribution < 1.29 is 18.6 Å². The second kappa shape index (κ2) is 7.04. The second-order valence-electron chi connectivity index (χ2n) is 4.67. The summed E-state index contributed by atoms with van der Waals surface area (Å²) in [5.41, 5.74) is 1.34. The summed E-state index contributed by atoms with van der Waals surface area (Å²) in [5.74, 6) is -0.531. The Labute approximate surface area is 122 Å². The van der Waals surface area contributed by atoms with Gasteiger partial charge in [0.2, 0.25) is 0 Å². The number of aliphatic hydroxyl groups is 1. The van der Waals surface area contributed by atoms with Crippen molar-refractivity contribution in [2.24, 2.45) is 0 Å². The van der Waals surface area contributed by atoms with Crippen molar-refractivity contribution in [2.45, 2.75) is 13.0 Å². The maximum absolute atomic E-state index is 13.2. The quantitative estimate of drug-likeness (QED) is 0.856. The average molecular weight is 293 g/mol. The molecule has 21 heavy (non-hydrogen) atoms. The number of hydrogen-bond donors (Lipinski definition) is 2. The van der Waals surface area contributed by atoms with Crippen LogP contribution in [0.4, 0.5) is 14.5 Å². The van der Waals surface area contributed by atoms with Crippen molar-refractivity contribution in [3.05, 3.63) is 59.7 Å². The Kier molecular flexibility index (Phi) is 5.11. The number of ether oxygens (including phenoxy) is 1. The molecular formula is C16H17F2NO2. The molecule has 0 aromatic heterocycles. The fraction of sp³-hybridized carbons (Fsp3) is 0.250. The van der Waals surface area contributed by atoms with Crippen LogP contribution in [0.25, 0.3) is 0 Å². The highest BCUT2D eigenvalue weighted by Crippen LogP contribution is 2.22. The van der Waals surface area contributed by atoms with Crippen LogP contribution < -0.4 is 10.1 Å². The van der Waals surface area contributed by atoms with Gasteiger partial charge in [-0.2, -0.15) is 0 Å². The average Bonchev–Trinajstić information content (AvgIpc) is 2.45. The van der Waals surface area contributed by atoms with Crippen LogP contribution in [-0.4, -0.2) is 18.3 Å². The summed E-state index contributed by atoms with van der Waals surface area (Å²) in [7, 11) is 0. The van der Waals surface area contributed by atoms with E-state index in [1.165, 1.54) is 12.1 Å². The van der Waals surface area contributed by atoms with E-state index in [0.717, 1.165) is 11.8 Å². The second-order valence-corrected chi connectivity index (χ2v) is 4.67. The molecule has 0 radical (unpaired) electrons. The molecule has 2 rings (SSSR count). The Hall–Kier alpha value is -2.14. The predicted octanol–water partition coefficient (Wildman–Crippen LogP) is 3.51. The first-order valence-corrected chi connectivity index (χ1v) is 6.65. The van der Waals surface area contributed by atoms with Gasteiger partial charge >= 0.3 is 0 Å². The third kappa shape index (κ3) is 4.43. The van der Waals surface area contributed by atoms with E-state index in [0.29, 0.717) is 11.3 Å². The molecule has 0 fully saturated rings. The summed E-state index contributed by atoms with van der Waals surface area (Å²) in [6.45, 7) is 2.03. The maximum atomic E-state index is 13.2. The number of hydrogen-bond acceptors (Lipinski definition) is 3. The van der Waals surface area contributed by atoms with E-state index in [4.69, 9.17) is 9.84 Å². The van der Waals surface area contributed by atoms with Gasteiger partial charge in [0, 0.05) is 17.8 Å². The molecule has 2 N–H and O–H groups in total. The molecule has 0 aliphatic rings. The molecule has 2 aromatic carbocycles. The minimum absolute atomic E-state index is 0.0395. The van der Waals surface area contributed by atoms with Crippen LogP contribution in [0.2, 0.25) is 0 Å². The Bertz CT molecular complexity index is 567. The lowest BCUT2D eigenvalue weighted by Crippen LogP contribution is -2.07. The molecule has 2 aromatic rings. The van der Waals surface area contributed by atoms with E-state index < -0.39 is 11.6 Å². The Morgan fingerprint density at radius 3 is 2.29 bits per heavy atom. The van der Waals surface area contributed by atoms with Gasteiger partial charge in [0.1, 0.15) is 24.0 Å². The van der Waals surface area contributed by atoms with Crippen molar-refractivity contribution in [3.63, 3.8) is 0 Å². The normalized spacial score (nSPS) is 12.0. The zero-order chi connectivity index (χ0) is 15.2. The number of aliphatic hydroxyl groups excluding tert-OH is 1. The molecule has 0 amide bonds. The lowest BCUT2D eigenvalue weighted by Gasteiger charge is -2.16. The van der Waals surface area contributed by atoms with Gasteiger partial charge in [-0.1, -0.05) is 0 Å². The lowest BCUT2D eigenvalue weighted by molar-refractivity contribution is 0.201. The first kappa shape index (κ1) is 15.3. The lowest BCUT2D eigenvalue weighted by atomic mass is 10.1. The van der Waals surface area contributed by atoms with Gasteiger partial charge in [-0.15, -0.1) is 0 Å². The highest BCUT2D eigenvalue weighted by molar-refractivity contribution is 5.48. The minimum Gasteiger partial charge on any atom is -0.491 e. The van der Waals surface area contributed by atoms with Crippen molar-refractivity contribution in [2.75, 3.05) is 18.5 Å². The van der Waals surface area contributed by atoms with Crippen molar-refractivity contribution in [1.29, 1.82) is 0 Å². The molecule has 0 bridgehead atoms. The molecule has 0 spiro atoms. The standard InChI is InChI=1S/C16H17F2NO2/c1-11(12-8-13(17)10-14(18)9-12)19-15-2-4-16(5-3-15)21-7-6-20/h2-5,8-11,19-20H,6-7H2,1H3. The van der Waals surface area contributed by atoms with Crippen molar-refractivity contribution in [3.8, 4) is 5.75 Å². The van der Waals surface area contributed by atoms with Gasteiger partial charge in [-0.25, -0.2) is 8.78 Å². The summed E-state index contributed by atoms with van der Waals surface area (Å²) < 4.78 is 31.6. The number of benzene rings is 2. The van der Waals surface area contributed by atoms with Crippen LogP contribution in [0, 0.1) is 11.6 Å². The summed E-state index contributed by atoms with van der Waals surface area (Å²) >= 11 is 0. The van der Waals surface area contributed by atoms with E-state index in [2.05, 4.69) is 5.32 Å². The van der Waals surface area contributed by atoms with Crippen LogP contribution in [-0.2, 0) is 0 Å². The van der Waals surface area contributed by atoms with Crippen LogP contribution in [0.3, 0.4) is 0 Å². The van der Waals surface area contributed by atoms with Crippen LogP contribution >= 0.6 is 0 Å². The first-order valence-electron chi connectivity index (χ1n) is 6.65. The molecule has 0 saturated heterocycles. The van der Waals surface area contributed by atoms with E-state index in [1.54, 1.807) is 24.3 Å². The molecule has 0 saturated carbocycles. The predicted molar refractivity (Wildman–Crippen MR) is 77.4 cm³/mol. The third-order valence-electron chi connectivity index (χ3n) is 2.98. The van der Waals surface area contributed by atoms with Crippen molar-refractivity contribution >= 4 is 5.69 Å². The zero-order valence-electron chi connectivity index (χ0n) is 11.6. The smallest absolute Gasteiger partial charge is 0.126 e. The first-order chi connectivity index (χ1) is 10.1. The summed E-state index contributed by atoms with van der Waals surface area (Å²) in [6.07, 6.45) is 0. The summed E-state index contributed by atoms with van der Waals surface area (Å²) in [5, 5.41) is 11.8. The maximum Gasteiger partial charge on any atom is 0.126 e. The number of anilines is 1. The van der Waals surface area contributed by atoms with E-state index in [9.17, 15) is 8.78 Å². The monoisotopic (exact) mass is 293 g/mol. The number of nitrogens with one attached hydrogen (secondary N) is 1. The Morgan fingerprint density at radius 2 is 1.71 bits per heavy atom. The SMILES string of the molecule is CC(Nc1ccc(OCCO)cc1)c1cc(F)cc(F)c1. The topological polar surface area (TPSA) is 41.5 Å². The van der Waals surface area contributed by atoms with Crippen LogP contribution in [0.5, 0.6) is 5.75 Å². The van der Waals surface area contributed by atoms with E-state index >= 15 is 0 Å². The van der Waals surface area contributed by atoms with Crippen LogP contribution in [0.1, 0.15) is 18.5 Å². The van der Waals surface area contributed by atoms with Gasteiger partial charge in [0.15, 0.2) is 0 Å². The summed E-state index contributed by atoms with van der Waals surface area (Å²) in [4.78, 5) is 0. The molecule has 112 valence electrons. The Balaban J connectivity index is 2.03. The molecule has 0 aliphatic carbocycles. The highest BCUT2D eigenvalue weighted by Gasteiger charge is 2.08. The largest absolute Gasteiger partial charge is 0.491 e.